The van der Waals surface area contributed by atoms with Crippen molar-refractivity contribution in [1.82, 2.24) is 9.78 Å². The minimum Gasteiger partial charge on any atom is -0.382 e. The van der Waals surface area contributed by atoms with Crippen LogP contribution in [0.2, 0.25) is 0 Å². The van der Waals surface area contributed by atoms with Gasteiger partial charge in [-0.2, -0.15) is 5.10 Å². The van der Waals surface area contributed by atoms with Gasteiger partial charge in [0.15, 0.2) is 5.82 Å². The van der Waals surface area contributed by atoms with E-state index in [1.54, 1.807) is 4.68 Å². The summed E-state index contributed by atoms with van der Waals surface area (Å²) in [5.74, 6) is 0.600. The second-order valence-corrected chi connectivity index (χ2v) is 2.53. The zero-order chi connectivity index (χ0) is 7.84. The number of hydrogen-bond acceptors (Lipinski definition) is 2. The summed E-state index contributed by atoms with van der Waals surface area (Å²) in [5.41, 5.74) is 6.72. The van der Waals surface area contributed by atoms with Gasteiger partial charge in [-0.15, -0.1) is 0 Å². The van der Waals surface area contributed by atoms with Crippen LogP contribution < -0.4 is 5.73 Å². The number of hydrogen-bond donors (Lipinski definition) is 1. The lowest BCUT2D eigenvalue weighted by molar-refractivity contribution is 0.802. The fourth-order valence-electron chi connectivity index (χ4n) is 1.24. The first-order valence-electron chi connectivity index (χ1n) is 3.46. The summed E-state index contributed by atoms with van der Waals surface area (Å²) >= 11 is 0. The lowest BCUT2D eigenvalue weighted by atomic mass is 10.2. The molecule has 0 unspecified atom stereocenters. The van der Waals surface area contributed by atoms with E-state index in [0.29, 0.717) is 5.82 Å². The van der Waals surface area contributed by atoms with Crippen molar-refractivity contribution in [2.24, 2.45) is 7.05 Å². The highest BCUT2D eigenvalue weighted by Gasteiger charge is 2.01. The van der Waals surface area contributed by atoms with Crippen molar-refractivity contribution in [3.05, 3.63) is 24.3 Å². The Morgan fingerprint density at radius 3 is 2.82 bits per heavy atom. The third kappa shape index (κ3) is 0.774. The molecule has 0 saturated heterocycles. The highest BCUT2D eigenvalue weighted by atomic mass is 15.3. The van der Waals surface area contributed by atoms with Crippen LogP contribution in [0.5, 0.6) is 0 Å². The van der Waals surface area contributed by atoms with Crippen LogP contribution in [0.1, 0.15) is 0 Å². The highest BCUT2D eigenvalue weighted by Crippen LogP contribution is 2.17. The standard InChI is InChI=1S/C8H9N3/c1-11-7-5-3-2-4-6(7)8(9)10-11/h2-5H,1H3,(H2,9,10). The van der Waals surface area contributed by atoms with Gasteiger partial charge in [-0.25, -0.2) is 0 Å². The molecule has 0 saturated carbocycles. The first-order chi connectivity index (χ1) is 5.29. The molecule has 3 heteroatoms. The minimum atomic E-state index is 0.600. The number of aromatic nitrogens is 2. The van der Waals surface area contributed by atoms with Crippen LogP contribution in [0.4, 0.5) is 5.82 Å². The number of aryl methyl sites for hydroxylation is 1. The Morgan fingerprint density at radius 2 is 2.09 bits per heavy atom. The third-order valence-electron chi connectivity index (χ3n) is 1.79. The molecule has 2 N–H and O–H groups in total. The number of para-hydroxylation sites is 1. The zero-order valence-electron chi connectivity index (χ0n) is 6.28. The Kier molecular flexibility index (Phi) is 1.12. The second kappa shape index (κ2) is 1.99. The Labute approximate surface area is 64.4 Å². The van der Waals surface area contributed by atoms with Gasteiger partial charge in [-0.1, -0.05) is 12.1 Å². The van der Waals surface area contributed by atoms with Crippen molar-refractivity contribution in [3.8, 4) is 0 Å². The summed E-state index contributed by atoms with van der Waals surface area (Å²) in [4.78, 5) is 0. The van der Waals surface area contributed by atoms with Gasteiger partial charge in [-0.05, 0) is 12.1 Å². The largest absolute Gasteiger partial charge is 0.382 e. The molecule has 0 bridgehead atoms. The van der Waals surface area contributed by atoms with Crippen molar-refractivity contribution in [3.63, 3.8) is 0 Å². The van der Waals surface area contributed by atoms with Crippen molar-refractivity contribution in [1.29, 1.82) is 0 Å². The summed E-state index contributed by atoms with van der Waals surface area (Å²) in [6, 6.07) is 7.90. The smallest absolute Gasteiger partial charge is 0.153 e. The van der Waals surface area contributed by atoms with Crippen LogP contribution in [0, 0.1) is 0 Å². The molecular weight excluding hydrogens is 138 g/mol. The summed E-state index contributed by atoms with van der Waals surface area (Å²) < 4.78 is 1.78. The first kappa shape index (κ1) is 6.22. The molecule has 0 atom stereocenters. The molecule has 0 amide bonds. The maximum Gasteiger partial charge on any atom is 0.153 e. The molecule has 56 valence electrons. The van der Waals surface area contributed by atoms with Crippen LogP contribution in [-0.4, -0.2) is 9.78 Å². The SMILES string of the molecule is Cn1nc(N)c2ccccc21. The van der Waals surface area contributed by atoms with Gasteiger partial charge in [0.25, 0.3) is 0 Å². The average Bonchev–Trinajstić information content (AvgIpc) is 2.30. The lowest BCUT2D eigenvalue weighted by Gasteiger charge is -1.89. The zero-order valence-corrected chi connectivity index (χ0v) is 6.28. The number of fused-ring (bicyclic) bond motifs is 1. The van der Waals surface area contributed by atoms with Crippen molar-refractivity contribution < 1.29 is 0 Å². The molecule has 1 heterocycles. The minimum absolute atomic E-state index is 0.600. The van der Waals surface area contributed by atoms with Crippen LogP contribution in [0.3, 0.4) is 0 Å². The van der Waals surface area contributed by atoms with Crippen molar-refractivity contribution >= 4 is 16.7 Å². The molecular formula is C8H9N3. The normalized spacial score (nSPS) is 10.6. The fourth-order valence-corrected chi connectivity index (χ4v) is 1.24. The Bertz CT molecular complexity index is 353. The number of nitrogens with zero attached hydrogens (tertiary/aromatic N) is 2. The van der Waals surface area contributed by atoms with E-state index in [1.165, 1.54) is 0 Å². The van der Waals surface area contributed by atoms with Crippen LogP contribution in [0.15, 0.2) is 24.3 Å². The summed E-state index contributed by atoms with van der Waals surface area (Å²) in [6.45, 7) is 0. The second-order valence-electron chi connectivity index (χ2n) is 2.53. The van der Waals surface area contributed by atoms with Gasteiger partial charge in [-0.3, -0.25) is 4.68 Å². The number of anilines is 1. The molecule has 1 aromatic heterocycles. The van der Waals surface area contributed by atoms with Gasteiger partial charge >= 0.3 is 0 Å². The molecule has 0 radical (unpaired) electrons. The van der Waals surface area contributed by atoms with Crippen LogP contribution in [-0.2, 0) is 7.05 Å². The summed E-state index contributed by atoms with van der Waals surface area (Å²) in [7, 11) is 1.89. The van der Waals surface area contributed by atoms with Crippen LogP contribution >= 0.6 is 0 Å². The molecule has 3 nitrogen and oxygen atoms in total. The van der Waals surface area contributed by atoms with Gasteiger partial charge in [0.05, 0.1) is 5.52 Å². The number of nitrogen functional groups attached to an aromatic ring is 1. The average molecular weight is 147 g/mol. The van der Waals surface area contributed by atoms with E-state index in [9.17, 15) is 0 Å². The predicted molar refractivity (Wildman–Crippen MR) is 45.1 cm³/mol. The molecule has 2 aromatic rings. The van der Waals surface area contributed by atoms with Gasteiger partial charge in [0.2, 0.25) is 0 Å². The molecule has 0 aliphatic heterocycles. The van der Waals surface area contributed by atoms with E-state index >= 15 is 0 Å². The molecule has 0 aliphatic rings. The first-order valence-corrected chi connectivity index (χ1v) is 3.46. The number of nitrogens with two attached hydrogens (primary N) is 1. The third-order valence-corrected chi connectivity index (χ3v) is 1.79. The van der Waals surface area contributed by atoms with Crippen LogP contribution in [0.25, 0.3) is 10.9 Å². The van der Waals surface area contributed by atoms with Gasteiger partial charge in [0.1, 0.15) is 0 Å². The van der Waals surface area contributed by atoms with E-state index in [1.807, 2.05) is 31.3 Å². The highest BCUT2D eigenvalue weighted by molar-refractivity contribution is 5.88. The molecule has 0 aliphatic carbocycles. The number of benzene rings is 1. The van der Waals surface area contributed by atoms with Gasteiger partial charge in [0, 0.05) is 12.4 Å². The van der Waals surface area contributed by atoms with E-state index in [4.69, 9.17) is 5.73 Å². The van der Waals surface area contributed by atoms with Crippen molar-refractivity contribution in [2.75, 3.05) is 5.73 Å². The topological polar surface area (TPSA) is 43.8 Å². The molecule has 2 rings (SSSR count). The maximum absolute atomic E-state index is 5.65. The van der Waals surface area contributed by atoms with Gasteiger partial charge < -0.3 is 5.73 Å². The van der Waals surface area contributed by atoms with E-state index in [0.717, 1.165) is 10.9 Å². The quantitative estimate of drug-likeness (QED) is 0.607. The predicted octanol–water partition coefficient (Wildman–Crippen LogP) is 1.16. The summed E-state index contributed by atoms with van der Waals surface area (Å²) in [5, 5.41) is 5.11. The van der Waals surface area contributed by atoms with E-state index in [2.05, 4.69) is 5.10 Å². The molecule has 0 spiro atoms. The van der Waals surface area contributed by atoms with Crippen molar-refractivity contribution in [2.45, 2.75) is 0 Å². The molecule has 1 aromatic carbocycles. The lowest BCUT2D eigenvalue weighted by Crippen LogP contribution is -1.90. The summed E-state index contributed by atoms with van der Waals surface area (Å²) in [6.07, 6.45) is 0. The molecule has 11 heavy (non-hydrogen) atoms. The number of rotatable bonds is 0. The fraction of sp³-hybridized carbons (Fsp3) is 0.125. The Balaban J connectivity index is 2.95. The Hall–Kier alpha value is -1.51. The Morgan fingerprint density at radius 1 is 1.36 bits per heavy atom. The van der Waals surface area contributed by atoms with E-state index in [-0.39, 0.29) is 0 Å². The monoisotopic (exact) mass is 147 g/mol. The maximum atomic E-state index is 5.65. The molecule has 0 fully saturated rings. The van der Waals surface area contributed by atoms with E-state index < -0.39 is 0 Å².